The molecule has 2 heterocycles. The molecule has 0 bridgehead atoms. The first-order valence-electron chi connectivity index (χ1n) is 7.05. The van der Waals surface area contributed by atoms with Gasteiger partial charge >= 0.3 is 143 Å². The predicted octanol–water partition coefficient (Wildman–Crippen LogP) is 4.07. The van der Waals surface area contributed by atoms with Gasteiger partial charge in [0.05, 0.1) is 0 Å². The van der Waals surface area contributed by atoms with Crippen molar-refractivity contribution in [3.05, 3.63) is 33.6 Å². The van der Waals surface area contributed by atoms with Crippen molar-refractivity contribution < 1.29 is 0 Å². The summed E-state index contributed by atoms with van der Waals surface area (Å²) in [6.45, 7) is 0. The average molecular weight is 565 g/mol. The second-order valence-electron chi connectivity index (χ2n) is 7.24. The molecule has 0 aliphatic rings. The Kier molecular flexibility index (Phi) is 5.79. The fourth-order valence-corrected chi connectivity index (χ4v) is 18.1. The maximum absolute atomic E-state index is 2.52. The molecule has 0 amide bonds. The molecule has 0 unspecified atom stereocenters. The van der Waals surface area contributed by atoms with Crippen molar-refractivity contribution in [2.24, 2.45) is 0 Å². The van der Waals surface area contributed by atoms with Crippen molar-refractivity contribution in [2.45, 2.75) is 29.6 Å². The van der Waals surface area contributed by atoms with Gasteiger partial charge in [-0.3, -0.25) is 0 Å². The van der Waals surface area contributed by atoms with Gasteiger partial charge in [0.25, 0.3) is 0 Å². The van der Waals surface area contributed by atoms with Crippen LogP contribution in [0.15, 0.2) is 24.3 Å². The molecule has 108 valence electrons. The van der Waals surface area contributed by atoms with Crippen molar-refractivity contribution in [1.82, 2.24) is 0 Å². The molecule has 0 fully saturated rings. The summed E-state index contributed by atoms with van der Waals surface area (Å²) in [4.78, 5) is 16.5. The van der Waals surface area contributed by atoms with Crippen LogP contribution < -0.4 is 5.35 Å². The van der Waals surface area contributed by atoms with Crippen LogP contribution in [0.1, 0.15) is 9.31 Å². The Morgan fingerprint density at radius 1 is 0.850 bits per heavy atom. The van der Waals surface area contributed by atoms with Gasteiger partial charge in [0.15, 0.2) is 0 Å². The van der Waals surface area contributed by atoms with Crippen LogP contribution in [0.4, 0.5) is 0 Å². The normalized spacial score (nSPS) is 13.3. The van der Waals surface area contributed by atoms with E-state index in [-0.39, 0.29) is 0 Å². The van der Waals surface area contributed by atoms with Crippen molar-refractivity contribution in [3.8, 4) is 0 Å². The maximum atomic E-state index is 2.52. The fourth-order valence-electron chi connectivity index (χ4n) is 1.86. The molecule has 4 heteroatoms. The summed E-state index contributed by atoms with van der Waals surface area (Å²) in [6.07, 6.45) is 4.68. The molecule has 0 nitrogen and oxygen atoms in total. The zero-order valence-corrected chi connectivity index (χ0v) is 21.5. The summed E-state index contributed by atoms with van der Waals surface area (Å²) in [5.41, 5.74) is 0. The third kappa shape index (κ3) is 4.77. The molecule has 0 radical (unpaired) electrons. The Morgan fingerprint density at radius 2 is 1.55 bits per heavy atom. The van der Waals surface area contributed by atoms with Gasteiger partial charge in [-0.1, -0.05) is 0 Å². The van der Waals surface area contributed by atoms with E-state index in [4.69, 9.17) is 0 Å². The van der Waals surface area contributed by atoms with Gasteiger partial charge in [0.2, 0.25) is 0 Å². The van der Waals surface area contributed by atoms with Gasteiger partial charge in [0, 0.05) is 0 Å². The molecule has 0 saturated carbocycles. The van der Waals surface area contributed by atoms with Crippen LogP contribution in [0.25, 0.3) is 12.2 Å². The third-order valence-corrected chi connectivity index (χ3v) is 30.3. The Morgan fingerprint density at radius 3 is 2.05 bits per heavy atom. The molecule has 0 aliphatic heterocycles. The first kappa shape index (κ1) is 17.4. The number of thiophene rings is 1. The minimum atomic E-state index is -1.86. The van der Waals surface area contributed by atoms with Crippen LogP contribution in [0.5, 0.6) is 0 Å². The Hall–Kier alpha value is 1.04. The van der Waals surface area contributed by atoms with E-state index in [2.05, 4.69) is 66.1 Å². The van der Waals surface area contributed by atoms with E-state index in [1.54, 1.807) is 7.33 Å². The summed E-state index contributed by atoms with van der Waals surface area (Å²) >= 11 is -1.04. The SMILES string of the molecule is [CH3][Sn]([CH3])([CH3])[c]1ccc(/C=C/c2cc[c]([Sn]([CH3])([CH3])[CH3])[se]2)s1. The molecule has 2 aromatic heterocycles. The molecular formula is C16H24SSeSn2. The first-order chi connectivity index (χ1) is 9.16. The molecular weight excluding hydrogens is 541 g/mol. The van der Waals surface area contributed by atoms with Gasteiger partial charge in [-0.25, -0.2) is 0 Å². The molecule has 0 N–H and O–H groups in total. The predicted molar refractivity (Wildman–Crippen MR) is 103 cm³/mol. The Labute approximate surface area is 141 Å². The summed E-state index contributed by atoms with van der Waals surface area (Å²) < 4.78 is 5.03. The van der Waals surface area contributed by atoms with Crippen LogP contribution in [-0.4, -0.2) is 51.3 Å². The standard InChI is InChI=1S/C10H6SSe.6CH3.2Sn/c1-3-9(11-7-1)5-6-10-4-2-8-12-10;;;;;;;;/h1-6H;6*1H3;;/b6-5+;;;;;;;;. The molecule has 0 saturated heterocycles. The van der Waals surface area contributed by atoms with Crippen molar-refractivity contribution in [3.63, 3.8) is 0 Å². The van der Waals surface area contributed by atoms with Gasteiger partial charge < -0.3 is 0 Å². The van der Waals surface area contributed by atoms with Crippen molar-refractivity contribution >= 4 is 80.1 Å². The van der Waals surface area contributed by atoms with E-state index in [0.29, 0.717) is 14.5 Å². The first-order valence-corrected chi connectivity index (χ1v) is 29.6. The second kappa shape index (κ2) is 6.65. The summed E-state index contributed by atoms with van der Waals surface area (Å²) in [6, 6.07) is 9.44. The van der Waals surface area contributed by atoms with Crippen LogP contribution in [0, 0.1) is 0 Å². The molecule has 0 aromatic carbocycles. The van der Waals surface area contributed by atoms with E-state index < -0.39 is 36.8 Å². The van der Waals surface area contributed by atoms with E-state index in [1.807, 2.05) is 13.8 Å². The minimum absolute atomic E-state index is 0.605. The van der Waals surface area contributed by atoms with Crippen LogP contribution in [0.3, 0.4) is 0 Å². The van der Waals surface area contributed by atoms with E-state index >= 15 is 0 Å². The number of hydrogen-bond acceptors (Lipinski definition) is 1. The number of rotatable bonds is 4. The second-order valence-corrected chi connectivity index (χ2v) is 42.8. The quantitative estimate of drug-likeness (QED) is 0.492. The summed E-state index contributed by atoms with van der Waals surface area (Å²) in [5, 5.41) is 0. The molecule has 2 rings (SSSR count). The Balaban J connectivity index is 2.14. The molecule has 0 spiro atoms. The van der Waals surface area contributed by atoms with Gasteiger partial charge in [-0.05, 0) is 0 Å². The number of hydrogen-bond donors (Lipinski definition) is 0. The topological polar surface area (TPSA) is 0 Å². The molecule has 20 heavy (non-hydrogen) atoms. The van der Waals surface area contributed by atoms with Crippen LogP contribution in [0.2, 0.25) is 29.6 Å². The monoisotopic (exact) mass is 568 g/mol. The van der Waals surface area contributed by atoms with E-state index in [0.717, 1.165) is 0 Å². The molecule has 0 aliphatic carbocycles. The average Bonchev–Trinajstić information content (AvgIpc) is 2.94. The van der Waals surface area contributed by atoms with Crippen LogP contribution in [-0.2, 0) is 0 Å². The van der Waals surface area contributed by atoms with Gasteiger partial charge in [-0.2, -0.15) is 0 Å². The zero-order chi connectivity index (χ0) is 15.0. The van der Waals surface area contributed by atoms with E-state index in [9.17, 15) is 0 Å². The van der Waals surface area contributed by atoms with Crippen molar-refractivity contribution in [2.75, 3.05) is 0 Å². The van der Waals surface area contributed by atoms with Crippen molar-refractivity contribution in [1.29, 1.82) is 0 Å². The molecule has 0 atom stereocenters. The summed E-state index contributed by atoms with van der Waals surface area (Å²) in [7, 11) is 0. The van der Waals surface area contributed by atoms with Gasteiger partial charge in [0.1, 0.15) is 0 Å². The molecule has 2 aromatic rings. The van der Waals surface area contributed by atoms with Crippen LogP contribution >= 0.6 is 11.3 Å². The summed E-state index contributed by atoms with van der Waals surface area (Å²) in [5.74, 6) is 0. The third-order valence-electron chi connectivity index (χ3n) is 3.14. The van der Waals surface area contributed by atoms with Gasteiger partial charge in [-0.15, -0.1) is 0 Å². The Bertz CT molecular complexity index is 555. The zero-order valence-electron chi connectivity index (χ0n) is 13.3. The van der Waals surface area contributed by atoms with E-state index in [1.165, 1.54) is 4.88 Å². The fraction of sp³-hybridized carbons (Fsp3) is 0.375.